The number of thiocarbonyl (C=S) groups is 1. The summed E-state index contributed by atoms with van der Waals surface area (Å²) in [6, 6.07) is 0.356. The highest BCUT2D eigenvalue weighted by atomic mass is 32.2. The Kier molecular flexibility index (Phi) is 5.06. The van der Waals surface area contributed by atoms with Crippen molar-refractivity contribution in [2.45, 2.75) is 40.2 Å². The van der Waals surface area contributed by atoms with Crippen LogP contribution in [-0.4, -0.2) is 33.4 Å². The van der Waals surface area contributed by atoms with Crippen molar-refractivity contribution in [3.8, 4) is 0 Å². The van der Waals surface area contributed by atoms with E-state index in [1.165, 1.54) is 0 Å². The van der Waals surface area contributed by atoms with Crippen LogP contribution in [0.1, 0.15) is 34.1 Å². The summed E-state index contributed by atoms with van der Waals surface area (Å²) in [5.74, 6) is 1.74. The minimum Gasteiger partial charge on any atom is -0.315 e. The Morgan fingerprint density at radius 1 is 1.47 bits per heavy atom. The van der Waals surface area contributed by atoms with Gasteiger partial charge in [-0.25, -0.2) is 0 Å². The molecular formula is C11H20N2S2. The van der Waals surface area contributed by atoms with Crippen LogP contribution < -0.4 is 0 Å². The molecule has 0 aliphatic carbocycles. The summed E-state index contributed by atoms with van der Waals surface area (Å²) in [7, 11) is 0. The van der Waals surface area contributed by atoms with Gasteiger partial charge in [0, 0.05) is 24.8 Å². The van der Waals surface area contributed by atoms with Crippen molar-refractivity contribution >= 4 is 34.1 Å². The Bertz CT molecular complexity index is 259. The fourth-order valence-electron chi connectivity index (χ4n) is 1.42. The first kappa shape index (κ1) is 13.0. The molecule has 0 radical (unpaired) electrons. The van der Waals surface area contributed by atoms with Crippen molar-refractivity contribution in [2.75, 3.05) is 12.3 Å². The number of nitrogens with zero attached hydrogens (tertiary/aromatic N) is 2. The van der Waals surface area contributed by atoms with Gasteiger partial charge in [0.2, 0.25) is 0 Å². The van der Waals surface area contributed by atoms with Crippen molar-refractivity contribution in [3.05, 3.63) is 0 Å². The molecule has 86 valence electrons. The molecule has 1 heterocycles. The molecule has 0 amide bonds. The lowest BCUT2D eigenvalue weighted by Gasteiger charge is -2.20. The highest BCUT2D eigenvalue weighted by molar-refractivity contribution is 8.14. The predicted octanol–water partition coefficient (Wildman–Crippen LogP) is 3.17. The Balaban J connectivity index is 2.64. The van der Waals surface area contributed by atoms with Gasteiger partial charge in [-0.1, -0.05) is 37.8 Å². The molecule has 1 rings (SSSR count). The van der Waals surface area contributed by atoms with Crippen LogP contribution >= 0.6 is 24.0 Å². The summed E-state index contributed by atoms with van der Waals surface area (Å²) >= 11 is 7.27. The van der Waals surface area contributed by atoms with Crippen LogP contribution in [0.3, 0.4) is 0 Å². The molecule has 15 heavy (non-hydrogen) atoms. The first-order valence-corrected chi connectivity index (χ1v) is 6.91. The van der Waals surface area contributed by atoms with Gasteiger partial charge in [-0.2, -0.15) is 0 Å². The van der Waals surface area contributed by atoms with E-state index in [1.807, 2.05) is 11.8 Å². The first-order valence-electron chi connectivity index (χ1n) is 5.51. The van der Waals surface area contributed by atoms with Gasteiger partial charge in [-0.05, 0) is 19.8 Å². The Hall–Kier alpha value is -0.0900. The number of hydrogen-bond acceptors (Lipinski definition) is 3. The number of hydrogen-bond donors (Lipinski definition) is 0. The van der Waals surface area contributed by atoms with Crippen molar-refractivity contribution < 1.29 is 0 Å². The smallest absolute Gasteiger partial charge is 0.164 e. The highest BCUT2D eigenvalue weighted by Crippen LogP contribution is 2.21. The molecular weight excluding hydrogens is 224 g/mol. The molecule has 0 aromatic heterocycles. The Labute approximate surface area is 103 Å². The molecule has 0 N–H and O–H groups in total. The summed E-state index contributed by atoms with van der Waals surface area (Å²) in [5, 5.41) is 1.12. The van der Waals surface area contributed by atoms with E-state index < -0.39 is 0 Å². The van der Waals surface area contributed by atoms with E-state index in [9.17, 15) is 0 Å². The third-order valence-electron chi connectivity index (χ3n) is 2.03. The van der Waals surface area contributed by atoms with E-state index in [-0.39, 0.29) is 0 Å². The van der Waals surface area contributed by atoms with E-state index in [0.29, 0.717) is 12.0 Å². The molecule has 1 aliphatic rings. The molecule has 0 aromatic rings. The summed E-state index contributed by atoms with van der Waals surface area (Å²) in [6.07, 6.45) is 0.993. The number of thioether (sulfide) groups is 1. The van der Waals surface area contributed by atoms with Gasteiger partial charge in [0.25, 0.3) is 0 Å². The molecule has 0 spiro atoms. The van der Waals surface area contributed by atoms with Crippen LogP contribution in [0.4, 0.5) is 0 Å². The van der Waals surface area contributed by atoms with E-state index in [2.05, 4.69) is 37.6 Å². The standard InChI is InChI=1S/C11H20N2S2/c1-8(2)7-10(14)13-5-6-15-11(13)12-9(3)4/h8-9H,5-7H2,1-4H3. The van der Waals surface area contributed by atoms with Gasteiger partial charge in [-0.15, -0.1) is 0 Å². The van der Waals surface area contributed by atoms with Gasteiger partial charge in [0.05, 0.1) is 4.99 Å². The largest absolute Gasteiger partial charge is 0.315 e. The van der Waals surface area contributed by atoms with Crippen LogP contribution in [0.25, 0.3) is 0 Å². The van der Waals surface area contributed by atoms with Crippen LogP contribution in [0.5, 0.6) is 0 Å². The number of aliphatic imine (C=N–C) groups is 1. The molecule has 1 fully saturated rings. The lowest BCUT2D eigenvalue weighted by atomic mass is 10.1. The summed E-state index contributed by atoms with van der Waals surface area (Å²) in [6.45, 7) is 9.65. The molecule has 0 unspecified atom stereocenters. The molecule has 0 saturated carbocycles. The van der Waals surface area contributed by atoms with Crippen molar-refractivity contribution in [2.24, 2.45) is 10.9 Å². The summed E-state index contributed by atoms with van der Waals surface area (Å²) in [4.78, 5) is 7.86. The quantitative estimate of drug-likeness (QED) is 0.709. The fraction of sp³-hybridized carbons (Fsp3) is 0.818. The topological polar surface area (TPSA) is 15.6 Å². The zero-order valence-electron chi connectivity index (χ0n) is 9.99. The van der Waals surface area contributed by atoms with Gasteiger partial charge < -0.3 is 4.90 Å². The monoisotopic (exact) mass is 244 g/mol. The van der Waals surface area contributed by atoms with Gasteiger partial charge in [0.15, 0.2) is 5.17 Å². The van der Waals surface area contributed by atoms with Crippen LogP contribution in [0.2, 0.25) is 0 Å². The zero-order chi connectivity index (χ0) is 11.4. The zero-order valence-corrected chi connectivity index (χ0v) is 11.6. The van der Waals surface area contributed by atoms with Gasteiger partial charge in [-0.3, -0.25) is 4.99 Å². The van der Waals surface area contributed by atoms with Crippen LogP contribution in [0.15, 0.2) is 4.99 Å². The minimum absolute atomic E-state index is 0.356. The highest BCUT2D eigenvalue weighted by Gasteiger charge is 2.23. The van der Waals surface area contributed by atoms with E-state index >= 15 is 0 Å². The number of rotatable bonds is 3. The molecule has 2 nitrogen and oxygen atoms in total. The van der Waals surface area contributed by atoms with Crippen molar-refractivity contribution in [1.29, 1.82) is 0 Å². The first-order chi connectivity index (χ1) is 7.00. The fourth-order valence-corrected chi connectivity index (χ4v) is 3.09. The molecule has 0 atom stereocenters. The normalized spacial score (nSPS) is 19.6. The summed E-state index contributed by atoms with van der Waals surface area (Å²) in [5.41, 5.74) is 0. The SMILES string of the molecule is CC(C)CC(=S)N1CCSC1=NC(C)C. The van der Waals surface area contributed by atoms with Crippen molar-refractivity contribution in [1.82, 2.24) is 4.90 Å². The van der Waals surface area contributed by atoms with Gasteiger partial charge >= 0.3 is 0 Å². The van der Waals surface area contributed by atoms with E-state index in [1.54, 1.807) is 0 Å². The average molecular weight is 244 g/mol. The maximum absolute atomic E-state index is 5.45. The second-order valence-electron chi connectivity index (χ2n) is 4.50. The Morgan fingerprint density at radius 2 is 2.13 bits per heavy atom. The van der Waals surface area contributed by atoms with Gasteiger partial charge in [0.1, 0.15) is 0 Å². The molecule has 0 bridgehead atoms. The second-order valence-corrected chi connectivity index (χ2v) is 6.03. The van der Waals surface area contributed by atoms with Crippen LogP contribution in [0, 0.1) is 5.92 Å². The van der Waals surface area contributed by atoms with E-state index in [0.717, 1.165) is 28.9 Å². The molecule has 0 aromatic carbocycles. The molecule has 1 aliphatic heterocycles. The second kappa shape index (κ2) is 5.85. The maximum atomic E-state index is 5.45. The molecule has 1 saturated heterocycles. The Morgan fingerprint density at radius 3 is 2.67 bits per heavy atom. The van der Waals surface area contributed by atoms with Crippen molar-refractivity contribution in [3.63, 3.8) is 0 Å². The maximum Gasteiger partial charge on any atom is 0.164 e. The predicted molar refractivity (Wildman–Crippen MR) is 73.8 cm³/mol. The third kappa shape index (κ3) is 4.11. The lowest BCUT2D eigenvalue weighted by Crippen LogP contribution is -2.31. The van der Waals surface area contributed by atoms with E-state index in [4.69, 9.17) is 12.2 Å². The lowest BCUT2D eigenvalue weighted by molar-refractivity contribution is 0.608. The number of amidine groups is 1. The summed E-state index contributed by atoms with van der Waals surface area (Å²) < 4.78 is 0. The minimum atomic E-state index is 0.356. The third-order valence-corrected chi connectivity index (χ3v) is 3.39. The average Bonchev–Trinajstić information content (AvgIpc) is 2.49. The van der Waals surface area contributed by atoms with Crippen LogP contribution in [-0.2, 0) is 0 Å². The molecule has 4 heteroatoms.